The molecule has 0 spiro atoms. The number of ether oxygens (including phenoxy) is 2. The van der Waals surface area contributed by atoms with Crippen LogP contribution in [0.5, 0.6) is 0 Å². The molecule has 1 amide bonds. The van der Waals surface area contributed by atoms with E-state index in [1.54, 1.807) is 4.90 Å². The molecule has 2 aromatic carbocycles. The average Bonchev–Trinajstić information content (AvgIpc) is 2.78. The van der Waals surface area contributed by atoms with Gasteiger partial charge in [-0.05, 0) is 37.3 Å². The average molecular weight is 467 g/mol. The van der Waals surface area contributed by atoms with Gasteiger partial charge in [-0.1, -0.05) is 6.07 Å². The zero-order valence-electron chi connectivity index (χ0n) is 17.4. The van der Waals surface area contributed by atoms with Crippen molar-refractivity contribution in [3.63, 3.8) is 0 Å². The third-order valence-electron chi connectivity index (χ3n) is 4.87. The summed E-state index contributed by atoms with van der Waals surface area (Å²) < 4.78 is 48.8. The van der Waals surface area contributed by atoms with Crippen LogP contribution >= 0.6 is 0 Å². The summed E-state index contributed by atoms with van der Waals surface area (Å²) in [6.07, 6.45) is -5.95. The Morgan fingerprint density at radius 3 is 2.52 bits per heavy atom. The summed E-state index contributed by atoms with van der Waals surface area (Å²) in [4.78, 5) is 37.4. The van der Waals surface area contributed by atoms with E-state index in [0.717, 1.165) is 24.3 Å². The van der Waals surface area contributed by atoms with E-state index in [2.05, 4.69) is 5.32 Å². The van der Waals surface area contributed by atoms with Crippen molar-refractivity contribution < 1.29 is 37.2 Å². The molecule has 1 aliphatic heterocycles. The minimum absolute atomic E-state index is 0.122. The van der Waals surface area contributed by atoms with Gasteiger partial charge in [0.15, 0.2) is 6.10 Å². The molecule has 1 heterocycles. The minimum Gasteiger partial charge on any atom is -0.449 e. The standard InChI is InChI=1S/C21H20F3N3O6/c1-13(19(28)25-16-4-2-3-15(12-16)21(22,23)24)33-20(29)14-5-6-17(18(11-14)27(30)31)26-7-9-32-10-8-26/h2-6,11-13H,7-10H2,1H3,(H,25,28)/t13-/m1/s1. The Labute approximate surface area is 186 Å². The summed E-state index contributed by atoms with van der Waals surface area (Å²) in [7, 11) is 0. The summed E-state index contributed by atoms with van der Waals surface area (Å²) in [5, 5.41) is 13.8. The molecular weight excluding hydrogens is 447 g/mol. The number of nitro groups is 1. The van der Waals surface area contributed by atoms with E-state index in [-0.39, 0.29) is 16.9 Å². The lowest BCUT2D eigenvalue weighted by Crippen LogP contribution is -2.36. The fraction of sp³-hybridized carbons (Fsp3) is 0.333. The van der Waals surface area contributed by atoms with Gasteiger partial charge in [0, 0.05) is 24.8 Å². The number of nitrogens with zero attached hydrogens (tertiary/aromatic N) is 2. The van der Waals surface area contributed by atoms with Gasteiger partial charge in [-0.3, -0.25) is 14.9 Å². The highest BCUT2D eigenvalue weighted by atomic mass is 19.4. The van der Waals surface area contributed by atoms with E-state index in [1.165, 1.54) is 25.1 Å². The Morgan fingerprint density at radius 2 is 1.88 bits per heavy atom. The topological polar surface area (TPSA) is 111 Å². The molecule has 0 unspecified atom stereocenters. The van der Waals surface area contributed by atoms with Crippen LogP contribution in [0, 0.1) is 10.1 Å². The zero-order chi connectivity index (χ0) is 24.2. The van der Waals surface area contributed by atoms with Crippen molar-refractivity contribution in [2.75, 3.05) is 36.5 Å². The van der Waals surface area contributed by atoms with Crippen LogP contribution in [0.15, 0.2) is 42.5 Å². The quantitative estimate of drug-likeness (QED) is 0.392. The monoisotopic (exact) mass is 467 g/mol. The molecule has 1 N–H and O–H groups in total. The van der Waals surface area contributed by atoms with E-state index in [0.29, 0.717) is 32.0 Å². The maximum Gasteiger partial charge on any atom is 0.416 e. The summed E-state index contributed by atoms with van der Waals surface area (Å²) in [5.41, 5.74) is -1.18. The Balaban J connectivity index is 1.69. The maximum absolute atomic E-state index is 12.8. The van der Waals surface area contributed by atoms with Crippen LogP contribution in [0.25, 0.3) is 0 Å². The summed E-state index contributed by atoms with van der Waals surface area (Å²) in [6, 6.07) is 7.82. The van der Waals surface area contributed by atoms with Gasteiger partial charge in [-0.15, -0.1) is 0 Å². The summed E-state index contributed by atoms with van der Waals surface area (Å²) >= 11 is 0. The van der Waals surface area contributed by atoms with Gasteiger partial charge in [0.05, 0.1) is 29.3 Å². The van der Waals surface area contributed by atoms with Crippen molar-refractivity contribution in [3.05, 3.63) is 63.7 Å². The number of esters is 1. The second kappa shape index (κ2) is 9.86. The number of hydrogen-bond donors (Lipinski definition) is 1. The van der Waals surface area contributed by atoms with Crippen molar-refractivity contribution in [2.45, 2.75) is 19.2 Å². The fourth-order valence-corrected chi connectivity index (χ4v) is 3.17. The number of rotatable bonds is 6. The van der Waals surface area contributed by atoms with Crippen LogP contribution in [-0.4, -0.2) is 49.2 Å². The molecule has 9 nitrogen and oxygen atoms in total. The number of carbonyl (C=O) groups excluding carboxylic acids is 2. The van der Waals surface area contributed by atoms with Crippen LogP contribution in [-0.2, 0) is 20.4 Å². The molecule has 0 aromatic heterocycles. The van der Waals surface area contributed by atoms with E-state index < -0.39 is 34.6 Å². The smallest absolute Gasteiger partial charge is 0.416 e. The van der Waals surface area contributed by atoms with Crippen molar-refractivity contribution in [1.29, 1.82) is 0 Å². The van der Waals surface area contributed by atoms with Crippen LogP contribution in [0.3, 0.4) is 0 Å². The van der Waals surface area contributed by atoms with Gasteiger partial charge >= 0.3 is 12.1 Å². The lowest BCUT2D eigenvalue weighted by Gasteiger charge is -2.28. The van der Waals surface area contributed by atoms with Crippen molar-refractivity contribution >= 4 is 28.9 Å². The van der Waals surface area contributed by atoms with Gasteiger partial charge in [0.1, 0.15) is 5.69 Å². The molecule has 0 aliphatic carbocycles. The first kappa shape index (κ1) is 24.0. The van der Waals surface area contributed by atoms with Crippen molar-refractivity contribution in [1.82, 2.24) is 0 Å². The number of nitro benzene ring substituents is 1. The van der Waals surface area contributed by atoms with Gasteiger partial charge < -0.3 is 19.7 Å². The first-order valence-corrected chi connectivity index (χ1v) is 9.86. The number of morpholine rings is 1. The number of benzene rings is 2. The first-order valence-electron chi connectivity index (χ1n) is 9.86. The normalized spacial score (nSPS) is 15.0. The Hall–Kier alpha value is -3.67. The van der Waals surface area contributed by atoms with Crippen LogP contribution in [0.1, 0.15) is 22.8 Å². The number of alkyl halides is 3. The highest BCUT2D eigenvalue weighted by molar-refractivity contribution is 5.98. The van der Waals surface area contributed by atoms with Gasteiger partial charge in [-0.25, -0.2) is 4.79 Å². The van der Waals surface area contributed by atoms with E-state index >= 15 is 0 Å². The Bertz CT molecular complexity index is 1050. The first-order chi connectivity index (χ1) is 15.6. The molecule has 33 heavy (non-hydrogen) atoms. The third kappa shape index (κ3) is 5.98. The van der Waals surface area contributed by atoms with E-state index in [1.807, 2.05) is 0 Å². The number of nitrogens with one attached hydrogen (secondary N) is 1. The predicted octanol–water partition coefficient (Wildman–Crippen LogP) is 3.63. The van der Waals surface area contributed by atoms with Crippen LogP contribution < -0.4 is 10.2 Å². The number of halogens is 3. The fourth-order valence-electron chi connectivity index (χ4n) is 3.17. The Morgan fingerprint density at radius 1 is 1.18 bits per heavy atom. The molecule has 1 atom stereocenters. The lowest BCUT2D eigenvalue weighted by molar-refractivity contribution is -0.384. The van der Waals surface area contributed by atoms with Crippen LogP contribution in [0.2, 0.25) is 0 Å². The Kier molecular flexibility index (Phi) is 7.16. The van der Waals surface area contributed by atoms with E-state index in [9.17, 15) is 32.9 Å². The van der Waals surface area contributed by atoms with Gasteiger partial charge in [0.2, 0.25) is 0 Å². The molecule has 1 saturated heterocycles. The summed E-state index contributed by atoms with van der Waals surface area (Å²) in [5.74, 6) is -1.85. The van der Waals surface area contributed by atoms with Crippen molar-refractivity contribution in [3.8, 4) is 0 Å². The summed E-state index contributed by atoms with van der Waals surface area (Å²) in [6.45, 7) is 2.98. The molecule has 12 heteroatoms. The molecule has 0 saturated carbocycles. The molecule has 0 bridgehead atoms. The molecular formula is C21H20F3N3O6. The van der Waals surface area contributed by atoms with Crippen LogP contribution in [0.4, 0.5) is 30.2 Å². The predicted molar refractivity (Wildman–Crippen MR) is 111 cm³/mol. The molecule has 1 fully saturated rings. The molecule has 1 aliphatic rings. The second-order valence-corrected chi connectivity index (χ2v) is 7.18. The lowest BCUT2D eigenvalue weighted by atomic mass is 10.1. The number of anilines is 2. The minimum atomic E-state index is -4.58. The second-order valence-electron chi connectivity index (χ2n) is 7.18. The van der Waals surface area contributed by atoms with E-state index in [4.69, 9.17) is 9.47 Å². The van der Waals surface area contributed by atoms with Gasteiger partial charge in [0.25, 0.3) is 11.6 Å². The number of amides is 1. The third-order valence-corrected chi connectivity index (χ3v) is 4.87. The highest BCUT2D eigenvalue weighted by Gasteiger charge is 2.31. The molecule has 176 valence electrons. The number of carbonyl (C=O) groups is 2. The zero-order valence-corrected chi connectivity index (χ0v) is 17.4. The SMILES string of the molecule is C[C@@H](OC(=O)c1ccc(N2CCOCC2)c([N+](=O)[O-])c1)C(=O)Nc1cccc(C(F)(F)F)c1. The largest absolute Gasteiger partial charge is 0.449 e. The molecule has 0 radical (unpaired) electrons. The van der Waals surface area contributed by atoms with Crippen molar-refractivity contribution in [2.24, 2.45) is 0 Å². The number of hydrogen-bond acceptors (Lipinski definition) is 7. The molecule has 2 aromatic rings. The maximum atomic E-state index is 12.8. The highest BCUT2D eigenvalue weighted by Crippen LogP contribution is 2.31. The van der Waals surface area contributed by atoms with Gasteiger partial charge in [-0.2, -0.15) is 13.2 Å². The molecule has 3 rings (SSSR count).